The molecule has 0 spiro atoms. The predicted molar refractivity (Wildman–Crippen MR) is 84.0 cm³/mol. The van der Waals surface area contributed by atoms with Gasteiger partial charge in [0.1, 0.15) is 6.10 Å². The van der Waals surface area contributed by atoms with Gasteiger partial charge in [-0.15, -0.1) is 0 Å². The molecule has 3 rings (SSSR count). The van der Waals surface area contributed by atoms with Crippen LogP contribution < -0.4 is 15.2 Å². The zero-order valence-electron chi connectivity index (χ0n) is 13.1. The highest BCUT2D eigenvalue weighted by Gasteiger charge is 2.38. The first-order valence-electron chi connectivity index (χ1n) is 7.89. The van der Waals surface area contributed by atoms with Gasteiger partial charge in [-0.2, -0.15) is 0 Å². The Morgan fingerprint density at radius 3 is 2.57 bits per heavy atom. The van der Waals surface area contributed by atoms with Crippen molar-refractivity contribution in [2.75, 3.05) is 27.2 Å². The average Bonchev–Trinajstić information content (AvgIpc) is 3.20. The van der Waals surface area contributed by atoms with Crippen LogP contribution in [0.1, 0.15) is 31.2 Å². The van der Waals surface area contributed by atoms with Gasteiger partial charge in [-0.25, -0.2) is 0 Å². The summed E-state index contributed by atoms with van der Waals surface area (Å²) in [6, 6.07) is 6.25. The van der Waals surface area contributed by atoms with Crippen LogP contribution in [0.4, 0.5) is 0 Å². The maximum absolute atomic E-state index is 6.19. The Balaban J connectivity index is 1.66. The molecule has 1 aromatic carbocycles. The Labute approximate surface area is 127 Å². The van der Waals surface area contributed by atoms with Crippen LogP contribution >= 0.6 is 0 Å². The lowest BCUT2D eigenvalue weighted by atomic mass is 10.0. The first kappa shape index (κ1) is 14.7. The molecule has 0 unspecified atom stereocenters. The molecule has 0 bridgehead atoms. The van der Waals surface area contributed by atoms with Crippen molar-refractivity contribution in [1.29, 1.82) is 0 Å². The molecule has 0 atom stereocenters. The van der Waals surface area contributed by atoms with Crippen LogP contribution in [0.5, 0.6) is 11.5 Å². The first-order valence-corrected chi connectivity index (χ1v) is 7.89. The summed E-state index contributed by atoms with van der Waals surface area (Å²) in [7, 11) is 3.86. The standard InChI is InChI=1S/C17H26N2O2/c1-19-9-5-14(6-10-19)21-15-4-3-13(11-16(15)20-2)12-17(18)7-8-17/h3-4,11,14H,5-10,12,18H2,1-2H3. The highest BCUT2D eigenvalue weighted by molar-refractivity contribution is 5.43. The summed E-state index contributed by atoms with van der Waals surface area (Å²) >= 11 is 0. The number of methoxy groups -OCH3 is 1. The molecule has 2 N–H and O–H groups in total. The second-order valence-corrected chi connectivity index (χ2v) is 6.64. The van der Waals surface area contributed by atoms with Crippen molar-refractivity contribution >= 4 is 0 Å². The van der Waals surface area contributed by atoms with Gasteiger partial charge in [0.05, 0.1) is 7.11 Å². The third-order valence-electron chi connectivity index (χ3n) is 4.64. The van der Waals surface area contributed by atoms with Gasteiger partial charge in [-0.1, -0.05) is 6.07 Å². The minimum Gasteiger partial charge on any atom is -0.493 e. The largest absolute Gasteiger partial charge is 0.493 e. The smallest absolute Gasteiger partial charge is 0.161 e. The maximum Gasteiger partial charge on any atom is 0.161 e. The van der Waals surface area contributed by atoms with Crippen LogP contribution in [0.2, 0.25) is 0 Å². The predicted octanol–water partition coefficient (Wildman–Crippen LogP) is 2.20. The number of ether oxygens (including phenoxy) is 2. The van der Waals surface area contributed by atoms with Crippen LogP contribution in [0.15, 0.2) is 18.2 Å². The minimum absolute atomic E-state index is 0.0291. The topological polar surface area (TPSA) is 47.7 Å². The summed E-state index contributed by atoms with van der Waals surface area (Å²) in [5.74, 6) is 1.69. The van der Waals surface area contributed by atoms with Gasteiger partial charge in [0.15, 0.2) is 11.5 Å². The summed E-state index contributed by atoms with van der Waals surface area (Å²) < 4.78 is 11.7. The third kappa shape index (κ3) is 3.69. The zero-order chi connectivity index (χ0) is 14.9. The maximum atomic E-state index is 6.19. The molecular weight excluding hydrogens is 264 g/mol. The lowest BCUT2D eigenvalue weighted by Gasteiger charge is -2.29. The van der Waals surface area contributed by atoms with E-state index in [4.69, 9.17) is 15.2 Å². The molecule has 2 fully saturated rings. The van der Waals surface area contributed by atoms with Gasteiger partial charge in [0.2, 0.25) is 0 Å². The highest BCUT2D eigenvalue weighted by Crippen LogP contribution is 2.38. The van der Waals surface area contributed by atoms with Crippen molar-refractivity contribution in [3.8, 4) is 11.5 Å². The number of piperidine rings is 1. The molecule has 2 aliphatic rings. The minimum atomic E-state index is 0.0291. The quantitative estimate of drug-likeness (QED) is 0.903. The molecule has 4 nitrogen and oxygen atoms in total. The molecule has 0 amide bonds. The molecule has 1 saturated heterocycles. The number of nitrogens with zero attached hydrogens (tertiary/aromatic N) is 1. The van der Waals surface area contributed by atoms with E-state index in [-0.39, 0.29) is 5.54 Å². The summed E-state index contributed by atoms with van der Waals surface area (Å²) in [5.41, 5.74) is 7.46. The van der Waals surface area contributed by atoms with E-state index in [0.29, 0.717) is 6.10 Å². The summed E-state index contributed by atoms with van der Waals surface area (Å²) in [6.45, 7) is 2.20. The summed E-state index contributed by atoms with van der Waals surface area (Å²) in [6.07, 6.45) is 5.63. The lowest BCUT2D eigenvalue weighted by Crippen LogP contribution is -2.35. The van der Waals surface area contributed by atoms with Crippen LogP contribution in [-0.4, -0.2) is 43.8 Å². The van der Waals surface area contributed by atoms with Gasteiger partial charge in [-0.05, 0) is 56.8 Å². The summed E-state index contributed by atoms with van der Waals surface area (Å²) in [5, 5.41) is 0. The van der Waals surface area contributed by atoms with Crippen LogP contribution in [0.3, 0.4) is 0 Å². The Morgan fingerprint density at radius 1 is 1.24 bits per heavy atom. The van der Waals surface area contributed by atoms with Crippen molar-refractivity contribution in [3.63, 3.8) is 0 Å². The van der Waals surface area contributed by atoms with E-state index in [0.717, 1.165) is 56.7 Å². The Hall–Kier alpha value is -1.26. The van der Waals surface area contributed by atoms with Crippen molar-refractivity contribution in [3.05, 3.63) is 23.8 Å². The fourth-order valence-corrected chi connectivity index (χ4v) is 2.95. The lowest BCUT2D eigenvalue weighted by molar-refractivity contribution is 0.111. The molecule has 1 heterocycles. The van der Waals surface area contributed by atoms with Crippen LogP contribution in [0, 0.1) is 0 Å². The van der Waals surface area contributed by atoms with Crippen molar-refractivity contribution < 1.29 is 9.47 Å². The number of rotatable bonds is 5. The fourth-order valence-electron chi connectivity index (χ4n) is 2.95. The van der Waals surface area contributed by atoms with Gasteiger partial charge in [0.25, 0.3) is 0 Å². The van der Waals surface area contributed by atoms with E-state index in [1.165, 1.54) is 5.56 Å². The van der Waals surface area contributed by atoms with E-state index < -0.39 is 0 Å². The van der Waals surface area contributed by atoms with Crippen molar-refractivity contribution in [2.45, 2.75) is 43.7 Å². The van der Waals surface area contributed by atoms with Gasteiger partial charge >= 0.3 is 0 Å². The average molecular weight is 290 g/mol. The SMILES string of the molecule is COc1cc(CC2(N)CC2)ccc1OC1CCN(C)CC1. The molecule has 1 aromatic rings. The normalized spacial score (nSPS) is 22.0. The molecular formula is C17H26N2O2. The van der Waals surface area contributed by atoms with Gasteiger partial charge in [0, 0.05) is 18.6 Å². The Bertz CT molecular complexity index is 492. The monoisotopic (exact) mass is 290 g/mol. The number of hydrogen-bond donors (Lipinski definition) is 1. The number of benzene rings is 1. The summed E-state index contributed by atoms with van der Waals surface area (Å²) in [4.78, 5) is 2.34. The zero-order valence-corrected chi connectivity index (χ0v) is 13.1. The molecule has 116 valence electrons. The third-order valence-corrected chi connectivity index (χ3v) is 4.64. The van der Waals surface area contributed by atoms with E-state index in [1.807, 2.05) is 6.07 Å². The van der Waals surface area contributed by atoms with E-state index in [9.17, 15) is 0 Å². The number of hydrogen-bond acceptors (Lipinski definition) is 4. The molecule has 21 heavy (non-hydrogen) atoms. The molecule has 0 radical (unpaired) electrons. The molecule has 1 aliphatic heterocycles. The van der Waals surface area contributed by atoms with Crippen molar-refractivity contribution in [1.82, 2.24) is 4.90 Å². The van der Waals surface area contributed by atoms with Crippen molar-refractivity contribution in [2.24, 2.45) is 5.73 Å². The van der Waals surface area contributed by atoms with Gasteiger partial charge < -0.3 is 20.1 Å². The Morgan fingerprint density at radius 2 is 1.95 bits per heavy atom. The highest BCUT2D eigenvalue weighted by atomic mass is 16.5. The fraction of sp³-hybridized carbons (Fsp3) is 0.647. The molecule has 1 aliphatic carbocycles. The van der Waals surface area contributed by atoms with Crippen LogP contribution in [0.25, 0.3) is 0 Å². The first-order chi connectivity index (χ1) is 10.1. The van der Waals surface area contributed by atoms with E-state index in [1.54, 1.807) is 7.11 Å². The molecule has 0 aromatic heterocycles. The molecule has 1 saturated carbocycles. The van der Waals surface area contributed by atoms with Gasteiger partial charge in [-0.3, -0.25) is 0 Å². The molecule has 4 heteroatoms. The second kappa shape index (κ2) is 5.85. The van der Waals surface area contributed by atoms with Crippen LogP contribution in [-0.2, 0) is 6.42 Å². The number of likely N-dealkylation sites (tertiary alicyclic amines) is 1. The van der Waals surface area contributed by atoms with E-state index >= 15 is 0 Å². The Kier molecular flexibility index (Phi) is 4.09. The second-order valence-electron chi connectivity index (χ2n) is 6.64. The van der Waals surface area contributed by atoms with E-state index in [2.05, 4.69) is 24.1 Å². The number of nitrogens with two attached hydrogens (primary N) is 1.